The van der Waals surface area contributed by atoms with Crippen LogP contribution in [0.5, 0.6) is 0 Å². The van der Waals surface area contributed by atoms with E-state index >= 15 is 0 Å². The lowest BCUT2D eigenvalue weighted by Gasteiger charge is -2.01. The van der Waals surface area contributed by atoms with Crippen LogP contribution in [-0.2, 0) is 13.1 Å². The monoisotopic (exact) mass is 384 g/mol. The van der Waals surface area contributed by atoms with Crippen LogP contribution in [-0.4, -0.2) is 4.57 Å². The maximum Gasteiger partial charge on any atom is 0.243 e. The highest BCUT2D eigenvalue weighted by atomic mass is 35.5. The van der Waals surface area contributed by atoms with Crippen molar-refractivity contribution in [1.82, 2.24) is 4.57 Å². The summed E-state index contributed by atoms with van der Waals surface area (Å²) in [6.45, 7) is 6.97. The van der Waals surface area contributed by atoms with Gasteiger partial charge in [0.05, 0.1) is 13.1 Å². The molecule has 0 fully saturated rings. The largest absolute Gasteiger partial charge is 1.00 e. The van der Waals surface area contributed by atoms with E-state index < -0.39 is 0 Å². The van der Waals surface area contributed by atoms with Gasteiger partial charge >= 0.3 is 0 Å². The minimum Gasteiger partial charge on any atom is -1.00 e. The fraction of sp³-hybridized carbons (Fsp3) is 0.870. The summed E-state index contributed by atoms with van der Waals surface area (Å²) in [5.41, 5.74) is 0. The Labute approximate surface area is 170 Å². The summed E-state index contributed by atoms with van der Waals surface area (Å²) < 4.78 is 4.75. The normalized spacial score (nSPS) is 10.8. The van der Waals surface area contributed by atoms with Gasteiger partial charge in [-0.3, -0.25) is 0 Å². The number of unbranched alkanes of at least 4 members (excludes halogenated alkanes) is 14. The fourth-order valence-electron chi connectivity index (χ4n) is 3.56. The molecule has 0 spiro atoms. The number of hydrogen-bond donors (Lipinski definition) is 0. The standard InChI is InChI=1S/C23H45N2.ClH/c1-3-5-7-9-11-13-15-17-19-24-21-22-25(23-24)20-18-16-14-12-10-8-6-4-2;/h21-23H,3-20H2,1-2H3;1H/q+1;/p-1. The van der Waals surface area contributed by atoms with E-state index in [0.717, 1.165) is 0 Å². The van der Waals surface area contributed by atoms with Crippen molar-refractivity contribution < 1.29 is 17.0 Å². The molecule has 1 heterocycles. The van der Waals surface area contributed by atoms with E-state index in [4.69, 9.17) is 0 Å². The van der Waals surface area contributed by atoms with Crippen LogP contribution in [0.15, 0.2) is 18.7 Å². The van der Waals surface area contributed by atoms with Crippen molar-refractivity contribution in [2.45, 2.75) is 130 Å². The van der Waals surface area contributed by atoms with Crippen molar-refractivity contribution in [3.05, 3.63) is 18.7 Å². The van der Waals surface area contributed by atoms with Crippen molar-refractivity contribution in [1.29, 1.82) is 0 Å². The van der Waals surface area contributed by atoms with Crippen molar-refractivity contribution in [3.8, 4) is 0 Å². The molecule has 0 aliphatic rings. The molecule has 0 radical (unpaired) electrons. The summed E-state index contributed by atoms with van der Waals surface area (Å²) in [6.07, 6.45) is 29.3. The third kappa shape index (κ3) is 14.6. The van der Waals surface area contributed by atoms with Gasteiger partial charge in [0.1, 0.15) is 12.4 Å². The van der Waals surface area contributed by atoms with E-state index in [9.17, 15) is 0 Å². The van der Waals surface area contributed by atoms with Crippen LogP contribution in [0.25, 0.3) is 0 Å². The van der Waals surface area contributed by atoms with Gasteiger partial charge in [-0.25, -0.2) is 9.13 Å². The lowest BCUT2D eigenvalue weighted by molar-refractivity contribution is -0.696. The molecule has 0 N–H and O–H groups in total. The Bertz CT molecular complexity index is 355. The fourth-order valence-corrected chi connectivity index (χ4v) is 3.56. The Kier molecular flexibility index (Phi) is 18.9. The summed E-state index contributed by atoms with van der Waals surface area (Å²) in [7, 11) is 0. The second-order valence-corrected chi connectivity index (χ2v) is 7.84. The van der Waals surface area contributed by atoms with Gasteiger partial charge in [0, 0.05) is 0 Å². The van der Waals surface area contributed by atoms with E-state index in [-0.39, 0.29) is 12.4 Å². The average Bonchev–Trinajstić information content (AvgIpc) is 3.07. The van der Waals surface area contributed by atoms with Gasteiger partial charge in [0.2, 0.25) is 6.33 Å². The van der Waals surface area contributed by atoms with Crippen molar-refractivity contribution in [3.63, 3.8) is 0 Å². The minimum atomic E-state index is 0. The van der Waals surface area contributed by atoms with Gasteiger partial charge in [-0.1, -0.05) is 90.9 Å². The maximum absolute atomic E-state index is 2.38. The van der Waals surface area contributed by atoms with E-state index in [0.29, 0.717) is 0 Å². The predicted octanol–water partition coefficient (Wildman–Crippen LogP) is 4.06. The van der Waals surface area contributed by atoms with E-state index in [1.165, 1.54) is 116 Å². The quantitative estimate of drug-likeness (QED) is 0.266. The highest BCUT2D eigenvalue weighted by Crippen LogP contribution is 2.09. The summed E-state index contributed by atoms with van der Waals surface area (Å²) in [5.74, 6) is 0. The average molecular weight is 385 g/mol. The van der Waals surface area contributed by atoms with E-state index in [1.807, 2.05) is 0 Å². The summed E-state index contributed by atoms with van der Waals surface area (Å²) in [4.78, 5) is 0. The highest BCUT2D eigenvalue weighted by Gasteiger charge is 2.03. The predicted molar refractivity (Wildman–Crippen MR) is 110 cm³/mol. The van der Waals surface area contributed by atoms with Gasteiger partial charge in [0.25, 0.3) is 0 Å². The van der Waals surface area contributed by atoms with E-state index in [2.05, 4.69) is 41.7 Å². The first kappa shape index (κ1) is 25.5. The Morgan fingerprint density at radius 3 is 1.62 bits per heavy atom. The van der Waals surface area contributed by atoms with Crippen molar-refractivity contribution in [2.75, 3.05) is 0 Å². The molecule has 0 amide bonds. The van der Waals surface area contributed by atoms with E-state index in [1.54, 1.807) is 0 Å². The first-order chi connectivity index (χ1) is 12.4. The van der Waals surface area contributed by atoms with Gasteiger partial charge in [0.15, 0.2) is 0 Å². The number of imidazole rings is 1. The number of aryl methyl sites for hydroxylation is 2. The maximum atomic E-state index is 2.38. The van der Waals surface area contributed by atoms with Crippen molar-refractivity contribution >= 4 is 0 Å². The molecule has 2 nitrogen and oxygen atoms in total. The smallest absolute Gasteiger partial charge is 0.243 e. The van der Waals surface area contributed by atoms with Crippen LogP contribution in [0.3, 0.4) is 0 Å². The van der Waals surface area contributed by atoms with Crippen LogP contribution < -0.4 is 17.0 Å². The SMILES string of the molecule is CCCCCCCCCCn1cc[n+](CCCCCCCCCC)c1.[Cl-]. The zero-order valence-corrected chi connectivity index (χ0v) is 18.5. The molecule has 0 saturated carbocycles. The molecular weight excluding hydrogens is 340 g/mol. The third-order valence-electron chi connectivity index (χ3n) is 5.29. The molecule has 1 aromatic heterocycles. The van der Waals surface area contributed by atoms with Gasteiger partial charge in [-0.05, 0) is 25.7 Å². The lowest BCUT2D eigenvalue weighted by atomic mass is 10.1. The van der Waals surface area contributed by atoms with Crippen LogP contribution in [0.1, 0.15) is 117 Å². The Hall–Kier alpha value is -0.500. The number of rotatable bonds is 18. The highest BCUT2D eigenvalue weighted by molar-refractivity contribution is 4.66. The number of nitrogens with zero attached hydrogens (tertiary/aromatic N) is 2. The van der Waals surface area contributed by atoms with Gasteiger partial charge in [-0.2, -0.15) is 0 Å². The molecule has 1 aromatic rings. The molecule has 3 heteroatoms. The zero-order chi connectivity index (χ0) is 18.0. The molecule has 0 unspecified atom stereocenters. The van der Waals surface area contributed by atoms with Crippen LogP contribution in [0.2, 0.25) is 0 Å². The molecule has 1 rings (SSSR count). The molecule has 154 valence electrons. The van der Waals surface area contributed by atoms with Crippen LogP contribution in [0.4, 0.5) is 0 Å². The number of halogens is 1. The molecule has 26 heavy (non-hydrogen) atoms. The summed E-state index contributed by atoms with van der Waals surface area (Å²) >= 11 is 0. The second kappa shape index (κ2) is 19.3. The van der Waals surface area contributed by atoms with Gasteiger partial charge < -0.3 is 12.4 Å². The molecule has 0 aliphatic heterocycles. The topological polar surface area (TPSA) is 8.81 Å². The second-order valence-electron chi connectivity index (χ2n) is 7.84. The molecule has 0 aliphatic carbocycles. The first-order valence-electron chi connectivity index (χ1n) is 11.4. The summed E-state index contributed by atoms with van der Waals surface area (Å²) in [5, 5.41) is 0. The third-order valence-corrected chi connectivity index (χ3v) is 5.29. The lowest BCUT2D eigenvalue weighted by Crippen LogP contribution is -3.00. The summed E-state index contributed by atoms with van der Waals surface area (Å²) in [6, 6.07) is 0. The van der Waals surface area contributed by atoms with Crippen molar-refractivity contribution in [2.24, 2.45) is 0 Å². The molecule has 0 atom stereocenters. The minimum absolute atomic E-state index is 0. The first-order valence-corrected chi connectivity index (χ1v) is 11.4. The Balaban J connectivity index is 0.00000625. The molecule has 0 bridgehead atoms. The van der Waals surface area contributed by atoms with Crippen LogP contribution >= 0.6 is 0 Å². The molecule has 0 saturated heterocycles. The number of hydrogen-bond acceptors (Lipinski definition) is 0. The number of aromatic nitrogens is 2. The van der Waals surface area contributed by atoms with Crippen LogP contribution in [0, 0.1) is 0 Å². The van der Waals surface area contributed by atoms with Gasteiger partial charge in [-0.15, -0.1) is 0 Å². The Morgan fingerprint density at radius 1 is 0.615 bits per heavy atom. The molecular formula is C23H45ClN2. The zero-order valence-electron chi connectivity index (χ0n) is 17.7. The molecule has 0 aromatic carbocycles. The Morgan fingerprint density at radius 2 is 1.08 bits per heavy atom.